The number of rotatable bonds is 4. The monoisotopic (exact) mass is 387 g/mol. The highest BCUT2D eigenvalue weighted by atomic mass is 32.1. The predicted octanol–water partition coefficient (Wildman–Crippen LogP) is 4.27. The number of aromatic nitrogens is 7. The van der Waals surface area contributed by atoms with Crippen LogP contribution in [0.2, 0.25) is 0 Å². The van der Waals surface area contributed by atoms with Crippen molar-refractivity contribution in [3.05, 3.63) is 22.5 Å². The maximum absolute atomic E-state index is 4.81. The molecule has 0 atom stereocenters. The fourth-order valence-electron chi connectivity index (χ4n) is 2.84. The molecule has 0 N–H and O–H groups in total. The number of aryl methyl sites for hydroxylation is 2. The summed E-state index contributed by atoms with van der Waals surface area (Å²) in [5, 5.41) is 20.1. The van der Waals surface area contributed by atoms with E-state index in [4.69, 9.17) is 5.10 Å². The van der Waals surface area contributed by atoms with Gasteiger partial charge in [0.05, 0.1) is 21.3 Å². The van der Waals surface area contributed by atoms with E-state index in [-0.39, 0.29) is 0 Å². The molecule has 0 saturated carbocycles. The second-order valence-electron chi connectivity index (χ2n) is 6.96. The van der Waals surface area contributed by atoms with Gasteiger partial charge in [0.15, 0.2) is 5.01 Å². The third kappa shape index (κ3) is 2.75. The second-order valence-corrected chi connectivity index (χ2v) is 9.12. The largest absolute Gasteiger partial charge is 0.264 e. The third-order valence-corrected chi connectivity index (χ3v) is 6.25. The summed E-state index contributed by atoms with van der Waals surface area (Å²) in [6, 6.07) is 2.07. The van der Waals surface area contributed by atoms with Crippen LogP contribution in [0.5, 0.6) is 0 Å². The predicted molar refractivity (Wildman–Crippen MR) is 105 cm³/mol. The zero-order chi connectivity index (χ0) is 18.6. The lowest BCUT2D eigenvalue weighted by molar-refractivity contribution is 0.713. The minimum Gasteiger partial charge on any atom is -0.264 e. The van der Waals surface area contributed by atoms with Gasteiger partial charge in [0.25, 0.3) is 0 Å². The first kappa shape index (κ1) is 17.3. The Labute approximate surface area is 159 Å². The van der Waals surface area contributed by atoms with E-state index in [0.29, 0.717) is 11.8 Å². The standard InChI is InChI=1S/C17H21N7S2/c1-8(2)11-7-12(23(6)21-11)15-19-20-17-24(15)22-16(26-17)14-13(9(3)4)18-10(5)25-14/h7-9H,1-6H3. The van der Waals surface area contributed by atoms with Crippen molar-refractivity contribution in [3.63, 3.8) is 0 Å². The van der Waals surface area contributed by atoms with Gasteiger partial charge in [-0.25, -0.2) is 4.98 Å². The van der Waals surface area contributed by atoms with Crippen LogP contribution in [0.4, 0.5) is 0 Å². The Bertz CT molecular complexity index is 1080. The van der Waals surface area contributed by atoms with Crippen molar-refractivity contribution in [2.75, 3.05) is 0 Å². The molecule has 4 aromatic heterocycles. The normalized spacial score (nSPS) is 12.2. The molecule has 136 valence electrons. The summed E-state index contributed by atoms with van der Waals surface area (Å²) in [6.07, 6.45) is 0. The van der Waals surface area contributed by atoms with Gasteiger partial charge < -0.3 is 0 Å². The van der Waals surface area contributed by atoms with Crippen molar-refractivity contribution in [1.29, 1.82) is 0 Å². The molecule has 0 aromatic carbocycles. The zero-order valence-electron chi connectivity index (χ0n) is 15.7. The van der Waals surface area contributed by atoms with Gasteiger partial charge in [-0.1, -0.05) is 39.0 Å². The molecule has 4 aromatic rings. The lowest BCUT2D eigenvalue weighted by Crippen LogP contribution is -1.99. The SMILES string of the molecule is Cc1nc(C(C)C)c(-c2nn3c(-c4cc(C(C)C)nn4C)nnc3s2)s1. The van der Waals surface area contributed by atoms with Crippen LogP contribution in [0.1, 0.15) is 55.9 Å². The van der Waals surface area contributed by atoms with Gasteiger partial charge in [-0.3, -0.25) is 4.68 Å². The molecule has 0 amide bonds. The first-order valence-electron chi connectivity index (χ1n) is 8.59. The van der Waals surface area contributed by atoms with Gasteiger partial charge in [0.2, 0.25) is 10.8 Å². The molecule has 26 heavy (non-hydrogen) atoms. The summed E-state index contributed by atoms with van der Waals surface area (Å²) < 4.78 is 3.67. The Morgan fingerprint density at radius 2 is 1.77 bits per heavy atom. The van der Waals surface area contributed by atoms with Crippen molar-refractivity contribution in [3.8, 4) is 21.4 Å². The number of hydrogen-bond acceptors (Lipinski definition) is 7. The molecule has 0 fully saturated rings. The Hall–Kier alpha value is -2.13. The Kier molecular flexibility index (Phi) is 4.15. The lowest BCUT2D eigenvalue weighted by atomic mass is 10.1. The summed E-state index contributed by atoms with van der Waals surface area (Å²) in [4.78, 5) is 6.60. The summed E-state index contributed by atoms with van der Waals surface area (Å²) in [6.45, 7) is 10.6. The molecule has 0 aliphatic rings. The molecule has 7 nitrogen and oxygen atoms in total. The molecule has 0 radical (unpaired) electrons. The van der Waals surface area contributed by atoms with Crippen LogP contribution in [0, 0.1) is 6.92 Å². The highest BCUT2D eigenvalue weighted by Crippen LogP contribution is 2.37. The first-order valence-corrected chi connectivity index (χ1v) is 10.2. The summed E-state index contributed by atoms with van der Waals surface area (Å²) >= 11 is 3.23. The average molecular weight is 388 g/mol. The fraction of sp³-hybridized carbons (Fsp3) is 0.471. The van der Waals surface area contributed by atoms with E-state index in [1.807, 2.05) is 23.2 Å². The maximum atomic E-state index is 4.81. The smallest absolute Gasteiger partial charge is 0.235 e. The van der Waals surface area contributed by atoms with Crippen molar-refractivity contribution in [2.24, 2.45) is 7.05 Å². The minimum absolute atomic E-state index is 0.356. The number of thiazole rings is 1. The zero-order valence-corrected chi connectivity index (χ0v) is 17.3. The van der Waals surface area contributed by atoms with E-state index >= 15 is 0 Å². The van der Waals surface area contributed by atoms with Gasteiger partial charge in [-0.15, -0.1) is 21.5 Å². The van der Waals surface area contributed by atoms with E-state index < -0.39 is 0 Å². The van der Waals surface area contributed by atoms with E-state index in [0.717, 1.165) is 42.8 Å². The molecular weight excluding hydrogens is 366 g/mol. The van der Waals surface area contributed by atoms with E-state index in [2.05, 4.69) is 54.0 Å². The number of fused-ring (bicyclic) bond motifs is 1. The van der Waals surface area contributed by atoms with Crippen molar-refractivity contribution >= 4 is 27.6 Å². The highest BCUT2D eigenvalue weighted by molar-refractivity contribution is 7.24. The lowest BCUT2D eigenvalue weighted by Gasteiger charge is -2.01. The topological polar surface area (TPSA) is 73.8 Å². The van der Waals surface area contributed by atoms with Gasteiger partial charge in [0, 0.05) is 7.05 Å². The first-order chi connectivity index (χ1) is 12.3. The molecule has 0 bridgehead atoms. The maximum Gasteiger partial charge on any atom is 0.235 e. The van der Waals surface area contributed by atoms with Gasteiger partial charge in [0.1, 0.15) is 5.69 Å². The molecule has 4 rings (SSSR count). The molecule has 0 saturated heterocycles. The van der Waals surface area contributed by atoms with E-state index in [9.17, 15) is 0 Å². The van der Waals surface area contributed by atoms with E-state index in [1.54, 1.807) is 22.7 Å². The Morgan fingerprint density at radius 3 is 2.42 bits per heavy atom. The summed E-state index contributed by atoms with van der Waals surface area (Å²) in [5.74, 6) is 1.43. The average Bonchev–Trinajstić information content (AvgIpc) is 3.28. The van der Waals surface area contributed by atoms with Gasteiger partial charge in [-0.2, -0.15) is 14.7 Å². The molecular formula is C17H21N7S2. The van der Waals surface area contributed by atoms with Crippen LogP contribution in [0.25, 0.3) is 26.4 Å². The van der Waals surface area contributed by atoms with Crippen LogP contribution in [-0.2, 0) is 7.05 Å². The molecule has 0 unspecified atom stereocenters. The highest BCUT2D eigenvalue weighted by Gasteiger charge is 2.22. The van der Waals surface area contributed by atoms with Crippen LogP contribution in [0.3, 0.4) is 0 Å². The van der Waals surface area contributed by atoms with Crippen LogP contribution in [-0.4, -0.2) is 34.6 Å². The minimum atomic E-state index is 0.356. The van der Waals surface area contributed by atoms with Crippen LogP contribution >= 0.6 is 22.7 Å². The van der Waals surface area contributed by atoms with Crippen LogP contribution < -0.4 is 0 Å². The molecule has 4 heterocycles. The summed E-state index contributed by atoms with van der Waals surface area (Å²) in [7, 11) is 1.93. The van der Waals surface area contributed by atoms with Gasteiger partial charge in [-0.05, 0) is 24.8 Å². The van der Waals surface area contributed by atoms with Crippen molar-refractivity contribution in [2.45, 2.75) is 46.5 Å². The van der Waals surface area contributed by atoms with Crippen LogP contribution in [0.15, 0.2) is 6.07 Å². The molecule has 0 spiro atoms. The summed E-state index contributed by atoms with van der Waals surface area (Å²) in [5.41, 5.74) is 3.05. The Morgan fingerprint density at radius 1 is 1.00 bits per heavy atom. The number of nitrogens with zero attached hydrogens (tertiary/aromatic N) is 7. The number of hydrogen-bond donors (Lipinski definition) is 0. The Balaban J connectivity index is 1.84. The fourth-order valence-corrected chi connectivity index (χ4v) is 4.83. The molecule has 0 aliphatic heterocycles. The quantitative estimate of drug-likeness (QED) is 0.523. The molecule has 9 heteroatoms. The third-order valence-electron chi connectivity index (χ3n) is 4.21. The van der Waals surface area contributed by atoms with Crippen molar-refractivity contribution in [1.82, 2.24) is 34.6 Å². The van der Waals surface area contributed by atoms with Crippen molar-refractivity contribution < 1.29 is 0 Å². The van der Waals surface area contributed by atoms with E-state index in [1.165, 1.54) is 0 Å². The second kappa shape index (κ2) is 6.24. The molecule has 0 aliphatic carbocycles. The van der Waals surface area contributed by atoms with Gasteiger partial charge >= 0.3 is 0 Å².